The summed E-state index contributed by atoms with van der Waals surface area (Å²) in [6.45, 7) is 2.04. The number of halogens is 1. The van der Waals surface area contributed by atoms with Crippen molar-refractivity contribution in [3.05, 3.63) is 68.2 Å². The van der Waals surface area contributed by atoms with Crippen molar-refractivity contribution in [3.63, 3.8) is 0 Å². The highest BCUT2D eigenvalue weighted by Gasteiger charge is 2.11. The maximum Gasteiger partial charge on any atom is 0.284 e. The van der Waals surface area contributed by atoms with Crippen molar-refractivity contribution in [1.29, 1.82) is 0 Å². The molecule has 0 aliphatic rings. The molecular weight excluding hydrogens is 376 g/mol. The van der Waals surface area contributed by atoms with Crippen LogP contribution < -0.4 is 10.7 Å². The molecule has 0 saturated carbocycles. The number of nitrogens with zero attached hydrogens (tertiary/aromatic N) is 2. The van der Waals surface area contributed by atoms with E-state index in [1.165, 1.54) is 12.3 Å². The normalized spacial score (nSPS) is 10.6. The quantitative estimate of drug-likeness (QED) is 0.449. The first-order valence-electron chi connectivity index (χ1n) is 7.02. The van der Waals surface area contributed by atoms with E-state index in [2.05, 4.69) is 31.8 Å². The fraction of sp³-hybridized carbons (Fsp3) is 0.125. The van der Waals surface area contributed by atoms with E-state index < -0.39 is 4.92 Å². The highest BCUT2D eigenvalue weighted by Crippen LogP contribution is 2.24. The van der Waals surface area contributed by atoms with Gasteiger partial charge in [-0.25, -0.2) is 5.43 Å². The van der Waals surface area contributed by atoms with Gasteiger partial charge in [-0.1, -0.05) is 18.2 Å². The summed E-state index contributed by atoms with van der Waals surface area (Å²) in [5, 5.41) is 17.6. The van der Waals surface area contributed by atoms with E-state index in [9.17, 15) is 14.9 Å². The lowest BCUT2D eigenvalue weighted by Crippen LogP contribution is -2.25. The Balaban J connectivity index is 1.88. The lowest BCUT2D eigenvalue weighted by atomic mass is 10.2. The minimum absolute atomic E-state index is 0.0635. The molecule has 7 nitrogen and oxygen atoms in total. The Morgan fingerprint density at radius 1 is 1.33 bits per heavy atom. The summed E-state index contributed by atoms with van der Waals surface area (Å²) < 4.78 is 0.385. The number of hydrogen-bond donors (Lipinski definition) is 2. The number of aryl methyl sites for hydroxylation is 1. The molecule has 24 heavy (non-hydrogen) atoms. The Hall–Kier alpha value is -2.74. The highest BCUT2D eigenvalue weighted by molar-refractivity contribution is 9.10. The number of nitro benzene ring substituents is 1. The lowest BCUT2D eigenvalue weighted by Gasteiger charge is -2.05. The zero-order chi connectivity index (χ0) is 17.5. The number of amides is 1. The topological polar surface area (TPSA) is 96.6 Å². The number of rotatable bonds is 6. The van der Waals surface area contributed by atoms with Gasteiger partial charge in [-0.2, -0.15) is 5.10 Å². The second-order valence-corrected chi connectivity index (χ2v) is 5.84. The van der Waals surface area contributed by atoms with Gasteiger partial charge in [-0.3, -0.25) is 14.9 Å². The van der Waals surface area contributed by atoms with Crippen molar-refractivity contribution in [2.75, 3.05) is 11.9 Å². The zero-order valence-electron chi connectivity index (χ0n) is 12.8. The number of benzene rings is 2. The minimum Gasteiger partial charge on any atom is -0.376 e. The standard InChI is InChI=1S/C16H15BrN4O3/c1-11-3-2-4-13(7-11)18-10-16(22)20-19-9-12-5-6-14(17)15(8-12)21(23)24/h2-9,18H,10H2,1H3,(H,20,22)/b19-9-. The summed E-state index contributed by atoms with van der Waals surface area (Å²) in [6, 6.07) is 12.2. The predicted octanol–water partition coefficient (Wildman–Crippen LogP) is 3.23. The largest absolute Gasteiger partial charge is 0.376 e. The predicted molar refractivity (Wildman–Crippen MR) is 96.2 cm³/mol. The summed E-state index contributed by atoms with van der Waals surface area (Å²) in [5.41, 5.74) is 4.75. The second kappa shape index (κ2) is 8.21. The van der Waals surface area contributed by atoms with E-state index in [4.69, 9.17) is 0 Å². The van der Waals surface area contributed by atoms with Crippen LogP contribution in [0.1, 0.15) is 11.1 Å². The van der Waals surface area contributed by atoms with Crippen LogP contribution in [0.4, 0.5) is 11.4 Å². The molecule has 0 aliphatic carbocycles. The van der Waals surface area contributed by atoms with Crippen LogP contribution in [0.15, 0.2) is 52.0 Å². The molecule has 1 amide bonds. The first kappa shape index (κ1) is 17.6. The van der Waals surface area contributed by atoms with Crippen LogP contribution in [0, 0.1) is 17.0 Å². The third-order valence-corrected chi connectivity index (χ3v) is 3.71. The molecule has 2 N–H and O–H groups in total. The molecule has 0 bridgehead atoms. The number of hydrogen-bond acceptors (Lipinski definition) is 5. The van der Waals surface area contributed by atoms with Gasteiger partial charge in [0.1, 0.15) is 0 Å². The molecule has 0 spiro atoms. The number of carbonyl (C=O) groups is 1. The summed E-state index contributed by atoms with van der Waals surface area (Å²) in [5.74, 6) is -0.320. The average molecular weight is 391 g/mol. The average Bonchev–Trinajstić information content (AvgIpc) is 2.54. The van der Waals surface area contributed by atoms with E-state index in [1.807, 2.05) is 31.2 Å². The number of nitrogens with one attached hydrogen (secondary N) is 2. The Kier molecular flexibility index (Phi) is 6.02. The minimum atomic E-state index is -0.494. The molecule has 0 aromatic heterocycles. The Morgan fingerprint density at radius 3 is 2.83 bits per heavy atom. The third-order valence-electron chi connectivity index (χ3n) is 3.04. The van der Waals surface area contributed by atoms with Gasteiger partial charge in [0.15, 0.2) is 0 Å². The fourth-order valence-electron chi connectivity index (χ4n) is 1.91. The number of hydrazone groups is 1. The molecule has 124 valence electrons. The smallest absolute Gasteiger partial charge is 0.284 e. The maximum absolute atomic E-state index is 11.7. The first-order valence-corrected chi connectivity index (χ1v) is 7.81. The van der Waals surface area contributed by atoms with Gasteiger partial charge in [0, 0.05) is 17.3 Å². The maximum atomic E-state index is 11.7. The Labute approximate surface area is 147 Å². The molecule has 0 unspecified atom stereocenters. The third kappa shape index (κ3) is 5.17. The summed E-state index contributed by atoms with van der Waals surface area (Å²) in [4.78, 5) is 22.1. The first-order chi connectivity index (χ1) is 11.5. The van der Waals surface area contributed by atoms with Crippen LogP contribution in [0.3, 0.4) is 0 Å². The SMILES string of the molecule is Cc1cccc(NCC(=O)N/N=C\c2ccc(Br)c([N+](=O)[O-])c2)c1. The van der Waals surface area contributed by atoms with Gasteiger partial charge < -0.3 is 5.32 Å². The van der Waals surface area contributed by atoms with Gasteiger partial charge >= 0.3 is 0 Å². The van der Waals surface area contributed by atoms with E-state index in [0.717, 1.165) is 11.3 Å². The van der Waals surface area contributed by atoms with E-state index >= 15 is 0 Å². The fourth-order valence-corrected chi connectivity index (χ4v) is 2.30. The van der Waals surface area contributed by atoms with Crippen molar-refractivity contribution < 1.29 is 9.72 Å². The van der Waals surface area contributed by atoms with Crippen molar-refractivity contribution in [2.24, 2.45) is 5.10 Å². The van der Waals surface area contributed by atoms with Crippen LogP contribution in [-0.2, 0) is 4.79 Å². The van der Waals surface area contributed by atoms with Crippen molar-refractivity contribution in [2.45, 2.75) is 6.92 Å². The van der Waals surface area contributed by atoms with Gasteiger partial charge in [0.05, 0.1) is 22.2 Å². The van der Waals surface area contributed by atoms with Crippen molar-refractivity contribution in [3.8, 4) is 0 Å². The summed E-state index contributed by atoms with van der Waals surface area (Å²) in [6.07, 6.45) is 1.35. The van der Waals surface area contributed by atoms with Crippen molar-refractivity contribution >= 4 is 39.4 Å². The van der Waals surface area contributed by atoms with E-state index in [-0.39, 0.29) is 18.1 Å². The monoisotopic (exact) mass is 390 g/mol. The Bertz CT molecular complexity index is 793. The molecule has 0 heterocycles. The summed E-state index contributed by atoms with van der Waals surface area (Å²) in [7, 11) is 0. The molecule has 8 heteroatoms. The van der Waals surface area contributed by atoms with E-state index in [0.29, 0.717) is 10.0 Å². The van der Waals surface area contributed by atoms with Gasteiger partial charge in [0.2, 0.25) is 0 Å². The lowest BCUT2D eigenvalue weighted by molar-refractivity contribution is -0.385. The molecule has 2 aromatic rings. The number of carbonyl (C=O) groups excluding carboxylic acids is 1. The van der Waals surface area contributed by atoms with Gasteiger partial charge in [-0.05, 0) is 46.6 Å². The van der Waals surface area contributed by atoms with Crippen LogP contribution in [0.5, 0.6) is 0 Å². The molecule has 0 fully saturated rings. The number of anilines is 1. The molecule has 0 aliphatic heterocycles. The highest BCUT2D eigenvalue weighted by atomic mass is 79.9. The number of nitro groups is 1. The molecule has 2 rings (SSSR count). The summed E-state index contributed by atoms with van der Waals surface area (Å²) >= 11 is 3.11. The second-order valence-electron chi connectivity index (χ2n) is 4.98. The van der Waals surface area contributed by atoms with Crippen LogP contribution in [-0.4, -0.2) is 23.6 Å². The van der Waals surface area contributed by atoms with Gasteiger partial charge in [0.25, 0.3) is 11.6 Å². The van der Waals surface area contributed by atoms with Crippen LogP contribution in [0.25, 0.3) is 0 Å². The van der Waals surface area contributed by atoms with Gasteiger partial charge in [-0.15, -0.1) is 0 Å². The Morgan fingerprint density at radius 2 is 2.12 bits per heavy atom. The zero-order valence-corrected chi connectivity index (χ0v) is 14.4. The molecular formula is C16H15BrN4O3. The molecule has 0 radical (unpaired) electrons. The van der Waals surface area contributed by atoms with Crippen LogP contribution in [0.2, 0.25) is 0 Å². The molecule has 2 aromatic carbocycles. The molecule has 0 atom stereocenters. The van der Waals surface area contributed by atoms with E-state index in [1.54, 1.807) is 12.1 Å². The van der Waals surface area contributed by atoms with Crippen molar-refractivity contribution in [1.82, 2.24) is 5.43 Å². The molecule has 0 saturated heterocycles. The van der Waals surface area contributed by atoms with Crippen LogP contribution >= 0.6 is 15.9 Å².